The number of nitrogen functional groups attached to an aromatic ring is 1. The summed E-state index contributed by atoms with van der Waals surface area (Å²) in [6, 6.07) is 20.0. The van der Waals surface area contributed by atoms with E-state index < -0.39 is 23.6 Å². The Morgan fingerprint density at radius 3 is 2.07 bits per heavy atom. The van der Waals surface area contributed by atoms with Gasteiger partial charge in [-0.3, -0.25) is 24.0 Å². The zero-order valence-electron chi connectivity index (χ0n) is 35.8. The van der Waals surface area contributed by atoms with Crippen LogP contribution in [0.1, 0.15) is 113 Å². The first kappa shape index (κ1) is 46.5. The van der Waals surface area contributed by atoms with Gasteiger partial charge in [-0.15, -0.1) is 11.3 Å². The van der Waals surface area contributed by atoms with E-state index in [1.54, 1.807) is 59.9 Å². The minimum Gasteiger partial charge on any atom is -0.397 e. The van der Waals surface area contributed by atoms with Gasteiger partial charge in [0.25, 0.3) is 5.91 Å². The third kappa shape index (κ3) is 14.0. The molecule has 1 aliphatic rings. The Hall–Kier alpha value is -5.60. The fourth-order valence-electron chi connectivity index (χ4n) is 7.38. The Kier molecular flexibility index (Phi) is 17.0. The molecule has 5 amide bonds. The number of anilines is 3. The van der Waals surface area contributed by atoms with Gasteiger partial charge < -0.3 is 37.0 Å². The van der Waals surface area contributed by atoms with Gasteiger partial charge in [-0.1, -0.05) is 95.7 Å². The number of nitrogens with two attached hydrogens (primary N) is 1. The number of unbranched alkanes of at least 4 members (excludes halogenated alkanes) is 7. The number of hydrogen-bond donors (Lipinski definition) is 6. The Labute approximate surface area is 363 Å². The number of aliphatic hydroxyl groups excluding tert-OH is 1. The van der Waals surface area contributed by atoms with E-state index in [0.717, 1.165) is 66.6 Å². The van der Waals surface area contributed by atoms with E-state index in [1.807, 2.05) is 57.5 Å². The number of β-amino-alcohol motifs (C(OH)–C–C–N with tert-alkyl or cyclic N) is 1. The second-order valence-electron chi connectivity index (χ2n) is 16.9. The van der Waals surface area contributed by atoms with Crippen LogP contribution in [0.4, 0.5) is 17.1 Å². The van der Waals surface area contributed by atoms with Crippen LogP contribution in [-0.4, -0.2) is 69.3 Å². The largest absolute Gasteiger partial charge is 0.397 e. The lowest BCUT2D eigenvalue weighted by Crippen LogP contribution is -2.57. The molecule has 4 aromatic rings. The van der Waals surface area contributed by atoms with Crippen molar-refractivity contribution in [3.8, 4) is 10.4 Å². The molecule has 0 bridgehead atoms. The molecule has 0 radical (unpaired) electrons. The number of aromatic nitrogens is 1. The molecule has 0 unspecified atom stereocenters. The topological polar surface area (TPSA) is 196 Å². The number of amides is 5. The maximum absolute atomic E-state index is 13.9. The van der Waals surface area contributed by atoms with Crippen LogP contribution in [-0.2, 0) is 25.7 Å². The molecule has 5 rings (SSSR count). The van der Waals surface area contributed by atoms with Crippen LogP contribution in [0.2, 0.25) is 0 Å². The summed E-state index contributed by atoms with van der Waals surface area (Å²) in [6.45, 7) is 7.93. The fraction of sp³-hybridized carbons (Fsp3) is 0.447. The Morgan fingerprint density at radius 1 is 0.836 bits per heavy atom. The quantitative estimate of drug-likeness (QED) is 0.0386. The molecule has 0 saturated carbocycles. The number of aryl methyl sites for hydroxylation is 1. The number of nitrogens with one attached hydrogen (secondary N) is 4. The van der Waals surface area contributed by atoms with E-state index >= 15 is 0 Å². The number of likely N-dealkylation sites (tertiary alicyclic amines) is 1. The molecule has 61 heavy (non-hydrogen) atoms. The summed E-state index contributed by atoms with van der Waals surface area (Å²) in [5.41, 5.74) is 12.2. The Morgan fingerprint density at radius 2 is 1.46 bits per heavy atom. The van der Waals surface area contributed by atoms with Crippen LogP contribution in [0.25, 0.3) is 10.4 Å². The highest BCUT2D eigenvalue weighted by Gasteiger charge is 2.44. The number of para-hydroxylation sites is 2. The van der Waals surface area contributed by atoms with Gasteiger partial charge >= 0.3 is 0 Å². The van der Waals surface area contributed by atoms with Crippen molar-refractivity contribution in [1.29, 1.82) is 0 Å². The van der Waals surface area contributed by atoms with Gasteiger partial charge in [-0.2, -0.15) is 0 Å². The second-order valence-corrected chi connectivity index (χ2v) is 17.8. The van der Waals surface area contributed by atoms with Crippen molar-refractivity contribution in [2.45, 2.75) is 123 Å². The molecule has 1 fully saturated rings. The Balaban J connectivity index is 0.945. The summed E-state index contributed by atoms with van der Waals surface area (Å²) in [6.07, 6.45) is 7.40. The van der Waals surface area contributed by atoms with Crippen molar-refractivity contribution in [1.82, 2.24) is 20.5 Å². The van der Waals surface area contributed by atoms with Gasteiger partial charge in [-0.25, -0.2) is 4.98 Å². The smallest absolute Gasteiger partial charge is 0.255 e. The van der Waals surface area contributed by atoms with Crippen molar-refractivity contribution in [3.05, 3.63) is 95.1 Å². The number of rotatable bonds is 20. The average molecular weight is 852 g/mol. The average Bonchev–Trinajstić information content (AvgIpc) is 3.85. The fourth-order valence-corrected chi connectivity index (χ4v) is 8.19. The maximum atomic E-state index is 13.9. The van der Waals surface area contributed by atoms with E-state index in [9.17, 15) is 29.1 Å². The van der Waals surface area contributed by atoms with Crippen LogP contribution in [0.15, 0.2) is 78.3 Å². The standard InChI is InChI=1S/C47H61N7O6S/c1-31-42(61-30-50-31)33-21-19-32(20-22-33)28-49-45(59)39-27-36(55)29-54(39)46(60)43(47(2,3)4)53-41(57)18-12-10-8-6-5-7-9-11-17-40(56)51-35-25-23-34(24-26-35)44(58)52-38-16-14-13-15-37(38)48/h13-16,19-26,30,36,39,43,55H,5-12,17-18,27-29,48H2,1-4H3,(H,49,59)(H,51,56)(H,52,58)(H,53,57)/t36-,39+,43-/m0/s1. The predicted molar refractivity (Wildman–Crippen MR) is 242 cm³/mol. The molecule has 13 nitrogen and oxygen atoms in total. The molecule has 7 N–H and O–H groups in total. The van der Waals surface area contributed by atoms with Crippen LogP contribution in [0.3, 0.4) is 0 Å². The number of carbonyl (C=O) groups excluding carboxylic acids is 5. The lowest BCUT2D eigenvalue weighted by atomic mass is 9.85. The van der Waals surface area contributed by atoms with Crippen molar-refractivity contribution in [2.24, 2.45) is 5.41 Å². The molecule has 1 saturated heterocycles. The number of aliphatic hydroxyl groups is 1. The second kappa shape index (κ2) is 22.3. The molecule has 0 aliphatic carbocycles. The molecule has 1 aromatic heterocycles. The first-order valence-corrected chi connectivity index (χ1v) is 22.2. The maximum Gasteiger partial charge on any atom is 0.255 e. The highest BCUT2D eigenvalue weighted by molar-refractivity contribution is 7.13. The van der Waals surface area contributed by atoms with Crippen LogP contribution in [0.5, 0.6) is 0 Å². The minimum atomic E-state index is -0.856. The lowest BCUT2D eigenvalue weighted by molar-refractivity contribution is -0.144. The third-order valence-corrected chi connectivity index (χ3v) is 11.9. The van der Waals surface area contributed by atoms with Crippen LogP contribution < -0.4 is 27.0 Å². The normalized spacial score (nSPS) is 15.5. The van der Waals surface area contributed by atoms with Gasteiger partial charge in [0.15, 0.2) is 0 Å². The number of thiazole rings is 1. The number of nitrogens with zero attached hydrogens (tertiary/aromatic N) is 2. The lowest BCUT2D eigenvalue weighted by Gasteiger charge is -2.35. The highest BCUT2D eigenvalue weighted by Crippen LogP contribution is 2.29. The van der Waals surface area contributed by atoms with Crippen molar-refractivity contribution in [3.63, 3.8) is 0 Å². The molecular weight excluding hydrogens is 791 g/mol. The molecule has 326 valence electrons. The summed E-state index contributed by atoms with van der Waals surface area (Å²) in [7, 11) is 0. The molecule has 2 heterocycles. The molecule has 3 aromatic carbocycles. The van der Waals surface area contributed by atoms with Gasteiger partial charge in [0.1, 0.15) is 12.1 Å². The van der Waals surface area contributed by atoms with Gasteiger partial charge in [-0.05, 0) is 72.7 Å². The highest BCUT2D eigenvalue weighted by atomic mass is 32.1. The van der Waals surface area contributed by atoms with Crippen molar-refractivity contribution >= 4 is 57.9 Å². The van der Waals surface area contributed by atoms with Gasteiger partial charge in [0.05, 0.1) is 33.6 Å². The number of carbonyl (C=O) groups is 5. The summed E-state index contributed by atoms with van der Waals surface area (Å²) >= 11 is 1.58. The first-order valence-electron chi connectivity index (χ1n) is 21.3. The SMILES string of the molecule is Cc1ncsc1-c1ccc(CNC(=O)[C@H]2C[C@H](O)CN2C(=O)[C@H](NC(=O)CCCCCCCCCCC(=O)Nc2ccc(C(=O)Nc3ccccc3N)cc2)C(C)(C)C)cc1. The summed E-state index contributed by atoms with van der Waals surface area (Å²) in [5.74, 6) is -1.27. The van der Waals surface area contributed by atoms with Crippen LogP contribution >= 0.6 is 11.3 Å². The molecule has 14 heteroatoms. The predicted octanol–water partition coefficient (Wildman–Crippen LogP) is 7.60. The molecule has 0 spiro atoms. The third-order valence-electron chi connectivity index (χ3n) is 10.9. The Bertz CT molecular complexity index is 2100. The van der Waals surface area contributed by atoms with E-state index in [1.165, 1.54) is 4.90 Å². The van der Waals surface area contributed by atoms with E-state index in [-0.39, 0.29) is 49.0 Å². The first-order chi connectivity index (χ1) is 29.2. The van der Waals surface area contributed by atoms with Crippen LogP contribution in [0, 0.1) is 12.3 Å². The van der Waals surface area contributed by atoms with Crippen molar-refractivity contribution in [2.75, 3.05) is 22.9 Å². The van der Waals surface area contributed by atoms with E-state index in [0.29, 0.717) is 41.9 Å². The molecular formula is C47H61N7O6S. The summed E-state index contributed by atoms with van der Waals surface area (Å²) < 4.78 is 0. The van der Waals surface area contributed by atoms with E-state index in [4.69, 9.17) is 5.73 Å². The summed E-state index contributed by atoms with van der Waals surface area (Å²) in [4.78, 5) is 72.3. The molecule has 3 atom stereocenters. The zero-order valence-corrected chi connectivity index (χ0v) is 36.6. The monoisotopic (exact) mass is 851 g/mol. The molecule has 1 aliphatic heterocycles. The summed E-state index contributed by atoms with van der Waals surface area (Å²) in [5, 5.41) is 22.1. The van der Waals surface area contributed by atoms with E-state index in [2.05, 4.69) is 26.3 Å². The van der Waals surface area contributed by atoms with Gasteiger partial charge in [0.2, 0.25) is 23.6 Å². The number of hydrogen-bond acceptors (Lipinski definition) is 9. The number of benzene rings is 3. The van der Waals surface area contributed by atoms with Crippen molar-refractivity contribution < 1.29 is 29.1 Å². The zero-order chi connectivity index (χ0) is 43.9. The van der Waals surface area contributed by atoms with Gasteiger partial charge in [0, 0.05) is 43.6 Å². The minimum absolute atomic E-state index is 0.0272.